The molecule has 0 aliphatic heterocycles. The van der Waals surface area contributed by atoms with Crippen LogP contribution in [0.3, 0.4) is 0 Å². The van der Waals surface area contributed by atoms with E-state index in [9.17, 15) is 9.59 Å². The van der Waals surface area contributed by atoms with E-state index in [1.165, 1.54) is 6.92 Å². The first-order valence-electron chi connectivity index (χ1n) is 6.90. The lowest BCUT2D eigenvalue weighted by Crippen LogP contribution is -2.27. The molecule has 2 aromatic rings. The van der Waals surface area contributed by atoms with Crippen LogP contribution in [0.25, 0.3) is 0 Å². The second-order valence-corrected chi connectivity index (χ2v) is 4.77. The molecule has 114 valence electrons. The number of benzene rings is 1. The summed E-state index contributed by atoms with van der Waals surface area (Å²) in [5, 5.41) is 8.50. The third-order valence-corrected chi connectivity index (χ3v) is 2.83. The lowest BCUT2D eigenvalue weighted by Gasteiger charge is -2.08. The zero-order chi connectivity index (χ0) is 15.8. The summed E-state index contributed by atoms with van der Waals surface area (Å²) in [5.74, 6) is -0.257. The van der Waals surface area contributed by atoms with Crippen LogP contribution in [-0.4, -0.2) is 23.3 Å². The van der Waals surface area contributed by atoms with Crippen molar-refractivity contribution in [2.75, 3.05) is 17.2 Å². The van der Waals surface area contributed by atoms with Crippen molar-refractivity contribution in [3.05, 3.63) is 54.4 Å². The lowest BCUT2D eigenvalue weighted by molar-refractivity contribution is -0.115. The Bertz CT molecular complexity index is 626. The molecule has 6 nitrogen and oxygen atoms in total. The second kappa shape index (κ2) is 7.90. The van der Waals surface area contributed by atoms with E-state index in [0.717, 1.165) is 5.56 Å². The van der Waals surface area contributed by atoms with E-state index >= 15 is 0 Å². The number of hydrogen-bond acceptors (Lipinski definition) is 4. The third kappa shape index (κ3) is 5.34. The Morgan fingerprint density at radius 3 is 2.32 bits per heavy atom. The maximum absolute atomic E-state index is 11.8. The fourth-order valence-electron chi connectivity index (χ4n) is 1.87. The fourth-order valence-corrected chi connectivity index (χ4v) is 1.87. The number of anilines is 2. The van der Waals surface area contributed by atoms with E-state index in [1.807, 2.05) is 12.1 Å². The highest BCUT2D eigenvalue weighted by Gasteiger charge is 2.02. The zero-order valence-electron chi connectivity index (χ0n) is 12.3. The first-order valence-corrected chi connectivity index (χ1v) is 6.90. The maximum atomic E-state index is 11.8. The van der Waals surface area contributed by atoms with Gasteiger partial charge in [0.15, 0.2) is 0 Å². The molecule has 0 saturated carbocycles. The van der Waals surface area contributed by atoms with E-state index in [-0.39, 0.29) is 18.4 Å². The summed E-state index contributed by atoms with van der Waals surface area (Å²) >= 11 is 0. The van der Waals surface area contributed by atoms with Crippen LogP contribution in [0.4, 0.5) is 11.4 Å². The van der Waals surface area contributed by atoms with Gasteiger partial charge in [-0.3, -0.25) is 14.6 Å². The molecule has 1 aromatic carbocycles. The fraction of sp³-hybridized carbons (Fsp3) is 0.188. The number of carbonyl (C=O) groups is 2. The summed E-state index contributed by atoms with van der Waals surface area (Å²) < 4.78 is 0. The molecule has 0 radical (unpaired) electrons. The SMILES string of the molecule is CC(=O)Nc1ccc(NC(=O)CNCc2cccnc2)cc1. The molecule has 1 aromatic heterocycles. The predicted octanol–water partition coefficient (Wildman–Crippen LogP) is 1.77. The second-order valence-electron chi connectivity index (χ2n) is 4.77. The highest BCUT2D eigenvalue weighted by molar-refractivity contribution is 5.93. The molecule has 0 saturated heterocycles. The van der Waals surface area contributed by atoms with E-state index in [4.69, 9.17) is 0 Å². The molecule has 2 amide bonds. The Morgan fingerprint density at radius 1 is 1.05 bits per heavy atom. The van der Waals surface area contributed by atoms with E-state index in [1.54, 1.807) is 36.7 Å². The van der Waals surface area contributed by atoms with Gasteiger partial charge in [-0.15, -0.1) is 0 Å². The van der Waals surface area contributed by atoms with Gasteiger partial charge < -0.3 is 16.0 Å². The molecule has 0 spiro atoms. The maximum Gasteiger partial charge on any atom is 0.238 e. The summed E-state index contributed by atoms with van der Waals surface area (Å²) in [4.78, 5) is 26.7. The van der Waals surface area contributed by atoms with Crippen LogP contribution in [0, 0.1) is 0 Å². The Balaban J connectivity index is 1.75. The summed E-state index contributed by atoms with van der Waals surface area (Å²) in [6.07, 6.45) is 3.46. The van der Waals surface area contributed by atoms with Gasteiger partial charge in [0.2, 0.25) is 11.8 Å². The van der Waals surface area contributed by atoms with Crippen LogP contribution in [0.2, 0.25) is 0 Å². The Kier molecular flexibility index (Phi) is 5.62. The van der Waals surface area contributed by atoms with E-state index < -0.39 is 0 Å². The van der Waals surface area contributed by atoms with Crippen molar-refractivity contribution in [3.8, 4) is 0 Å². The zero-order valence-corrected chi connectivity index (χ0v) is 12.3. The number of hydrogen-bond donors (Lipinski definition) is 3. The van der Waals surface area contributed by atoms with Crippen LogP contribution in [-0.2, 0) is 16.1 Å². The molecule has 0 aliphatic carbocycles. The largest absolute Gasteiger partial charge is 0.326 e. The lowest BCUT2D eigenvalue weighted by atomic mass is 10.2. The summed E-state index contributed by atoms with van der Waals surface area (Å²) in [5.41, 5.74) is 2.40. The Morgan fingerprint density at radius 2 is 1.73 bits per heavy atom. The van der Waals surface area contributed by atoms with Gasteiger partial charge in [-0.2, -0.15) is 0 Å². The quantitative estimate of drug-likeness (QED) is 0.759. The molecule has 0 unspecified atom stereocenters. The van der Waals surface area contributed by atoms with E-state index in [2.05, 4.69) is 20.9 Å². The minimum absolute atomic E-state index is 0.128. The van der Waals surface area contributed by atoms with Crippen molar-refractivity contribution in [1.29, 1.82) is 0 Å². The molecule has 2 rings (SSSR count). The number of aromatic nitrogens is 1. The number of rotatable bonds is 6. The van der Waals surface area contributed by atoms with Crippen molar-refractivity contribution in [3.63, 3.8) is 0 Å². The first kappa shape index (κ1) is 15.7. The topological polar surface area (TPSA) is 83.1 Å². The number of nitrogens with one attached hydrogen (secondary N) is 3. The van der Waals surface area contributed by atoms with Crippen LogP contribution in [0.15, 0.2) is 48.8 Å². The number of amides is 2. The van der Waals surface area contributed by atoms with E-state index in [0.29, 0.717) is 17.9 Å². The monoisotopic (exact) mass is 298 g/mol. The van der Waals surface area contributed by atoms with Crippen LogP contribution in [0.1, 0.15) is 12.5 Å². The van der Waals surface area contributed by atoms with Gasteiger partial charge in [0.05, 0.1) is 6.54 Å². The molecular formula is C16H18N4O2. The highest BCUT2D eigenvalue weighted by atomic mass is 16.2. The minimum Gasteiger partial charge on any atom is -0.326 e. The molecule has 6 heteroatoms. The molecule has 0 aliphatic rings. The van der Waals surface area contributed by atoms with Gasteiger partial charge in [-0.1, -0.05) is 6.07 Å². The van der Waals surface area contributed by atoms with Crippen molar-refractivity contribution in [1.82, 2.24) is 10.3 Å². The third-order valence-electron chi connectivity index (χ3n) is 2.83. The van der Waals surface area contributed by atoms with Gasteiger partial charge in [0.1, 0.15) is 0 Å². The van der Waals surface area contributed by atoms with Crippen molar-refractivity contribution >= 4 is 23.2 Å². The first-order chi connectivity index (χ1) is 10.6. The number of carbonyl (C=O) groups excluding carboxylic acids is 2. The van der Waals surface area contributed by atoms with Gasteiger partial charge in [-0.05, 0) is 35.9 Å². The van der Waals surface area contributed by atoms with Crippen molar-refractivity contribution in [2.24, 2.45) is 0 Å². The molecule has 0 atom stereocenters. The average Bonchev–Trinajstić information content (AvgIpc) is 2.50. The molecular weight excluding hydrogens is 280 g/mol. The molecule has 3 N–H and O–H groups in total. The summed E-state index contributed by atoms with van der Waals surface area (Å²) in [6.45, 7) is 2.24. The van der Waals surface area contributed by atoms with Gasteiger partial charge in [-0.25, -0.2) is 0 Å². The summed E-state index contributed by atoms with van der Waals surface area (Å²) in [7, 11) is 0. The Labute approximate surface area is 129 Å². The van der Waals surface area contributed by atoms with Gasteiger partial charge >= 0.3 is 0 Å². The van der Waals surface area contributed by atoms with Crippen LogP contribution >= 0.6 is 0 Å². The standard InChI is InChI=1S/C16H18N4O2/c1-12(21)19-14-4-6-15(7-5-14)20-16(22)11-18-10-13-3-2-8-17-9-13/h2-9,18H,10-11H2,1H3,(H,19,21)(H,20,22). The van der Waals surface area contributed by atoms with Gasteiger partial charge in [0, 0.05) is 37.2 Å². The molecule has 1 heterocycles. The normalized spacial score (nSPS) is 10.0. The van der Waals surface area contributed by atoms with Crippen molar-refractivity contribution < 1.29 is 9.59 Å². The average molecular weight is 298 g/mol. The van der Waals surface area contributed by atoms with Crippen LogP contribution < -0.4 is 16.0 Å². The summed E-state index contributed by atoms with van der Waals surface area (Å²) in [6, 6.07) is 10.8. The highest BCUT2D eigenvalue weighted by Crippen LogP contribution is 2.13. The minimum atomic E-state index is -0.129. The number of nitrogens with zero attached hydrogens (tertiary/aromatic N) is 1. The van der Waals surface area contributed by atoms with Crippen LogP contribution in [0.5, 0.6) is 0 Å². The van der Waals surface area contributed by atoms with Crippen molar-refractivity contribution in [2.45, 2.75) is 13.5 Å². The van der Waals surface area contributed by atoms with Gasteiger partial charge in [0.25, 0.3) is 0 Å². The Hall–Kier alpha value is -2.73. The molecule has 22 heavy (non-hydrogen) atoms. The molecule has 0 fully saturated rings. The smallest absolute Gasteiger partial charge is 0.238 e. The molecule has 0 bridgehead atoms. The predicted molar refractivity (Wildman–Crippen MR) is 85.3 cm³/mol. The number of pyridine rings is 1.